The Morgan fingerprint density at radius 2 is 1.97 bits per heavy atom. The van der Waals surface area contributed by atoms with E-state index in [2.05, 4.69) is 15.6 Å². The summed E-state index contributed by atoms with van der Waals surface area (Å²) in [6.07, 6.45) is 7.96. The van der Waals surface area contributed by atoms with Gasteiger partial charge >= 0.3 is 0 Å². The molecule has 0 bridgehead atoms. The quantitative estimate of drug-likeness (QED) is 0.417. The highest BCUT2D eigenvalue weighted by Crippen LogP contribution is 2.59. The number of hydrogen-bond acceptors (Lipinski definition) is 4. The Balaban J connectivity index is 1.33. The number of anilines is 1. The number of rotatable bonds is 5. The second-order valence-corrected chi connectivity index (χ2v) is 9.55. The first kappa shape index (κ1) is 23.4. The van der Waals surface area contributed by atoms with Crippen molar-refractivity contribution in [2.24, 2.45) is 11.3 Å². The Hall–Kier alpha value is -3.33. The van der Waals surface area contributed by atoms with Gasteiger partial charge in [-0.3, -0.25) is 15.0 Å². The molecule has 2 heterocycles. The van der Waals surface area contributed by atoms with E-state index in [-0.39, 0.29) is 29.9 Å². The summed E-state index contributed by atoms with van der Waals surface area (Å²) in [6, 6.07) is 3.05. The Morgan fingerprint density at radius 1 is 1.20 bits per heavy atom. The van der Waals surface area contributed by atoms with Crippen LogP contribution >= 0.6 is 11.6 Å². The van der Waals surface area contributed by atoms with E-state index >= 15 is 0 Å². The van der Waals surface area contributed by atoms with E-state index in [1.165, 1.54) is 18.3 Å². The summed E-state index contributed by atoms with van der Waals surface area (Å²) in [5, 5.41) is 14.0. The van der Waals surface area contributed by atoms with Crippen molar-refractivity contribution < 1.29 is 18.4 Å². The van der Waals surface area contributed by atoms with Gasteiger partial charge in [0.1, 0.15) is 29.1 Å². The third-order valence-corrected chi connectivity index (χ3v) is 7.14. The summed E-state index contributed by atoms with van der Waals surface area (Å²) in [4.78, 5) is 32.0. The van der Waals surface area contributed by atoms with Gasteiger partial charge in [0.2, 0.25) is 5.91 Å². The van der Waals surface area contributed by atoms with Gasteiger partial charge in [-0.15, -0.1) is 0 Å². The summed E-state index contributed by atoms with van der Waals surface area (Å²) < 4.78 is 29.0. The molecule has 1 saturated carbocycles. The Labute approximate surface area is 206 Å². The summed E-state index contributed by atoms with van der Waals surface area (Å²) >= 11 is 5.81. The summed E-state index contributed by atoms with van der Waals surface area (Å²) in [5.74, 6) is -1.85. The molecule has 4 aliphatic rings. The highest BCUT2D eigenvalue weighted by atomic mass is 35.5. The number of carbonyl (C=O) groups is 2. The molecule has 3 aliphatic carbocycles. The Bertz CT molecular complexity index is 1220. The molecular formula is C25H24ClF2N5O2. The summed E-state index contributed by atoms with van der Waals surface area (Å²) in [5.41, 5.74) is -0.600. The number of alkyl halides is 1. The van der Waals surface area contributed by atoms with Crippen LogP contribution in [0.2, 0.25) is 5.02 Å². The number of pyridine rings is 1. The van der Waals surface area contributed by atoms with Gasteiger partial charge in [0.15, 0.2) is 0 Å². The van der Waals surface area contributed by atoms with E-state index in [0.717, 1.165) is 32.0 Å². The minimum atomic E-state index is -1.44. The van der Waals surface area contributed by atoms with E-state index in [0.29, 0.717) is 16.4 Å². The fourth-order valence-electron chi connectivity index (χ4n) is 4.83. The molecule has 2 unspecified atom stereocenters. The highest BCUT2D eigenvalue weighted by Gasteiger charge is 2.69. The summed E-state index contributed by atoms with van der Waals surface area (Å²) in [6.45, 7) is 1.60. The lowest BCUT2D eigenvalue weighted by molar-refractivity contribution is -0.124. The van der Waals surface area contributed by atoms with Crippen molar-refractivity contribution in [1.29, 1.82) is 5.41 Å². The minimum Gasteiger partial charge on any atom is -0.357 e. The van der Waals surface area contributed by atoms with Gasteiger partial charge in [-0.05, 0) is 37.5 Å². The number of hydrogen-bond donors (Lipinski definition) is 3. The fraction of sp³-hybridized carbons (Fsp3) is 0.360. The molecule has 7 nitrogen and oxygen atoms in total. The van der Waals surface area contributed by atoms with E-state index in [9.17, 15) is 18.4 Å². The molecule has 2 amide bonds. The van der Waals surface area contributed by atoms with E-state index < -0.39 is 35.1 Å². The molecule has 1 aromatic heterocycles. The maximum Gasteiger partial charge on any atom is 0.258 e. The predicted octanol–water partition coefficient (Wildman–Crippen LogP) is 4.21. The molecule has 3 N–H and O–H groups in total. The topological polar surface area (TPSA) is 98.2 Å². The van der Waals surface area contributed by atoms with Crippen molar-refractivity contribution in [3.63, 3.8) is 0 Å². The van der Waals surface area contributed by atoms with Crippen LogP contribution in [-0.2, 0) is 9.59 Å². The van der Waals surface area contributed by atoms with Crippen molar-refractivity contribution in [2.75, 3.05) is 18.4 Å². The minimum absolute atomic E-state index is 0.0218. The molecule has 2 fully saturated rings. The van der Waals surface area contributed by atoms with Crippen LogP contribution in [0.15, 0.2) is 65.3 Å². The van der Waals surface area contributed by atoms with Crippen molar-refractivity contribution in [3.05, 3.63) is 70.3 Å². The van der Waals surface area contributed by atoms with Crippen molar-refractivity contribution >= 4 is 35.1 Å². The first-order chi connectivity index (χ1) is 16.8. The van der Waals surface area contributed by atoms with E-state index in [4.69, 9.17) is 17.0 Å². The smallest absolute Gasteiger partial charge is 0.258 e. The number of aromatic nitrogens is 1. The standard InChI is InChI=1S/C25H24ClF2N5O2/c26-15-3-6-20(30-13-15)32-23(34)17-12-16(27)4-5-19(17)31-24(35)25-8-7-14(11-18(25)21(25)28)22(29)33-9-1-2-10-33/h3,6-8,11-13,18,21,29H,1-2,4-5,9-10H2,(H,31,35)(H,30,32,34)/t18-,21?,25?/m1/s1. The first-order valence-corrected chi connectivity index (χ1v) is 11.9. The third-order valence-electron chi connectivity index (χ3n) is 6.92. The van der Waals surface area contributed by atoms with Crippen LogP contribution in [0.1, 0.15) is 25.7 Å². The van der Waals surface area contributed by atoms with Crippen LogP contribution in [0.25, 0.3) is 0 Å². The zero-order valence-electron chi connectivity index (χ0n) is 18.8. The molecular weight excluding hydrogens is 476 g/mol. The lowest BCUT2D eigenvalue weighted by Gasteiger charge is -2.23. The van der Waals surface area contributed by atoms with Crippen LogP contribution in [0.5, 0.6) is 0 Å². The number of fused-ring (bicyclic) bond motifs is 1. The largest absolute Gasteiger partial charge is 0.357 e. The van der Waals surface area contributed by atoms with Crippen LogP contribution in [0.3, 0.4) is 0 Å². The molecule has 0 aromatic carbocycles. The van der Waals surface area contributed by atoms with Crippen molar-refractivity contribution in [1.82, 2.24) is 15.2 Å². The molecule has 0 spiro atoms. The van der Waals surface area contributed by atoms with Crippen LogP contribution < -0.4 is 10.6 Å². The maximum absolute atomic E-state index is 15.0. The molecule has 1 saturated heterocycles. The second kappa shape index (κ2) is 9.03. The number of nitrogens with zero attached hydrogens (tertiary/aromatic N) is 2. The molecule has 10 heteroatoms. The van der Waals surface area contributed by atoms with Gasteiger partial charge in [0.05, 0.1) is 10.6 Å². The maximum atomic E-state index is 15.0. The first-order valence-electron chi connectivity index (χ1n) is 11.5. The zero-order chi connectivity index (χ0) is 24.7. The number of amides is 2. The average Bonchev–Trinajstić information content (AvgIpc) is 3.19. The predicted molar refractivity (Wildman–Crippen MR) is 128 cm³/mol. The van der Waals surface area contributed by atoms with Crippen LogP contribution in [0.4, 0.5) is 14.6 Å². The molecule has 3 atom stereocenters. The number of amidine groups is 1. The summed E-state index contributed by atoms with van der Waals surface area (Å²) in [7, 11) is 0. The zero-order valence-corrected chi connectivity index (χ0v) is 19.5. The monoisotopic (exact) mass is 499 g/mol. The van der Waals surface area contributed by atoms with Gasteiger partial charge in [0, 0.05) is 42.9 Å². The number of carbonyl (C=O) groups excluding carboxylic acids is 2. The molecule has 35 heavy (non-hydrogen) atoms. The fourth-order valence-corrected chi connectivity index (χ4v) is 4.94. The molecule has 5 rings (SSSR count). The highest BCUT2D eigenvalue weighted by molar-refractivity contribution is 6.30. The lowest BCUT2D eigenvalue weighted by atomic mass is 9.93. The average molecular weight is 500 g/mol. The number of halogens is 3. The molecule has 0 radical (unpaired) electrons. The van der Waals surface area contributed by atoms with E-state index in [1.807, 2.05) is 4.90 Å². The SMILES string of the molecule is N=C(C1=C[C@@H]2C(F)C2(C(=O)NC2=C(C(=O)Nc3ccc(Cl)cn3)C=C(F)CC2)C=C1)N1CCCC1. The molecule has 182 valence electrons. The number of likely N-dealkylation sites (tertiary alicyclic amines) is 1. The van der Waals surface area contributed by atoms with Gasteiger partial charge in [0.25, 0.3) is 5.91 Å². The Kier molecular flexibility index (Phi) is 6.04. The van der Waals surface area contributed by atoms with Gasteiger partial charge < -0.3 is 15.5 Å². The van der Waals surface area contributed by atoms with Crippen LogP contribution in [0, 0.1) is 16.7 Å². The van der Waals surface area contributed by atoms with E-state index in [1.54, 1.807) is 18.2 Å². The second-order valence-electron chi connectivity index (χ2n) is 9.11. The normalized spacial score (nSPS) is 27.1. The van der Waals surface area contributed by atoms with Gasteiger partial charge in [-0.1, -0.05) is 29.8 Å². The lowest BCUT2D eigenvalue weighted by Crippen LogP contribution is -2.36. The van der Waals surface area contributed by atoms with Crippen LogP contribution in [-0.4, -0.2) is 46.8 Å². The van der Waals surface area contributed by atoms with Gasteiger partial charge in [-0.25, -0.2) is 13.8 Å². The molecule has 1 aliphatic heterocycles. The van der Waals surface area contributed by atoms with Crippen molar-refractivity contribution in [2.45, 2.75) is 31.9 Å². The molecule has 1 aromatic rings. The number of allylic oxidation sites excluding steroid dienone is 3. The number of nitrogens with one attached hydrogen (secondary N) is 3. The Morgan fingerprint density at radius 3 is 2.66 bits per heavy atom. The van der Waals surface area contributed by atoms with Crippen molar-refractivity contribution in [3.8, 4) is 0 Å². The van der Waals surface area contributed by atoms with Gasteiger partial charge in [-0.2, -0.15) is 0 Å². The third kappa shape index (κ3) is 4.29.